The zero-order valence-electron chi connectivity index (χ0n) is 9.92. The first-order valence-electron chi connectivity index (χ1n) is 6.12. The van der Waals surface area contributed by atoms with E-state index in [1.165, 1.54) is 12.8 Å². The summed E-state index contributed by atoms with van der Waals surface area (Å²) in [7, 11) is 0. The lowest BCUT2D eigenvalue weighted by atomic mass is 9.53. The molecule has 2 fully saturated rings. The smallest absolute Gasteiger partial charge is 0.146 e. The number of carbonyl (C=O) groups excluding carboxylic acids is 1. The Bertz CT molecular complexity index is 276. The highest BCUT2D eigenvalue weighted by molar-refractivity contribution is 9.10. The van der Waals surface area contributed by atoms with Gasteiger partial charge in [-0.3, -0.25) is 4.79 Å². The van der Waals surface area contributed by atoms with Crippen LogP contribution < -0.4 is 0 Å². The van der Waals surface area contributed by atoms with Crippen LogP contribution >= 0.6 is 15.9 Å². The van der Waals surface area contributed by atoms with Crippen molar-refractivity contribution in [1.29, 1.82) is 0 Å². The fourth-order valence-electron chi connectivity index (χ4n) is 3.62. The van der Waals surface area contributed by atoms with E-state index in [-0.39, 0.29) is 4.83 Å². The number of hydrogen-bond donors (Lipinski definition) is 0. The molecule has 2 aliphatic rings. The average molecular weight is 273 g/mol. The lowest BCUT2D eigenvalue weighted by Gasteiger charge is -2.52. The minimum Gasteiger partial charge on any atom is -0.298 e. The van der Waals surface area contributed by atoms with Crippen LogP contribution in [0.15, 0.2) is 0 Å². The molecule has 0 spiro atoms. The van der Waals surface area contributed by atoms with Crippen molar-refractivity contribution < 1.29 is 4.79 Å². The molecule has 1 nitrogen and oxygen atoms in total. The summed E-state index contributed by atoms with van der Waals surface area (Å²) in [6, 6.07) is 0. The van der Waals surface area contributed by atoms with Gasteiger partial charge in [0.15, 0.2) is 0 Å². The quantitative estimate of drug-likeness (QED) is 0.613. The van der Waals surface area contributed by atoms with Gasteiger partial charge >= 0.3 is 0 Å². The van der Waals surface area contributed by atoms with E-state index in [9.17, 15) is 4.79 Å². The van der Waals surface area contributed by atoms with Crippen LogP contribution in [-0.2, 0) is 4.79 Å². The molecule has 2 heteroatoms. The van der Waals surface area contributed by atoms with Gasteiger partial charge in [0.25, 0.3) is 0 Å². The lowest BCUT2D eigenvalue weighted by molar-refractivity contribution is -0.128. The number of ketones is 1. The summed E-state index contributed by atoms with van der Waals surface area (Å²) >= 11 is 3.55. The average Bonchev–Trinajstić information content (AvgIpc) is 2.18. The van der Waals surface area contributed by atoms with Crippen LogP contribution in [-0.4, -0.2) is 10.6 Å². The third-order valence-corrected chi connectivity index (χ3v) is 6.05. The molecule has 86 valence electrons. The normalized spacial score (nSPS) is 51.3. The molecule has 0 aromatic carbocycles. The number of hydrogen-bond acceptors (Lipinski definition) is 1. The van der Waals surface area contributed by atoms with Gasteiger partial charge in [-0.2, -0.15) is 0 Å². The SMILES string of the molecule is C[C@@H]1[C@@H](C)CC[C@H]2CC(=O)[C@H](Br)C[C@@]21C. The van der Waals surface area contributed by atoms with Crippen LogP contribution in [0.3, 0.4) is 0 Å². The van der Waals surface area contributed by atoms with Gasteiger partial charge in [-0.05, 0) is 36.0 Å². The molecule has 0 saturated heterocycles. The fourth-order valence-corrected chi connectivity index (χ4v) is 4.51. The molecule has 2 aliphatic carbocycles. The van der Waals surface area contributed by atoms with Crippen molar-refractivity contribution in [3.63, 3.8) is 0 Å². The van der Waals surface area contributed by atoms with Crippen LogP contribution in [0.5, 0.6) is 0 Å². The van der Waals surface area contributed by atoms with E-state index in [1.807, 2.05) is 0 Å². The topological polar surface area (TPSA) is 17.1 Å². The zero-order valence-corrected chi connectivity index (χ0v) is 11.5. The minimum atomic E-state index is 0.117. The second-order valence-electron chi connectivity index (χ2n) is 5.89. The highest BCUT2D eigenvalue weighted by Crippen LogP contribution is 2.55. The minimum absolute atomic E-state index is 0.117. The molecule has 0 amide bonds. The summed E-state index contributed by atoms with van der Waals surface area (Å²) in [6.45, 7) is 7.15. The molecule has 0 aromatic rings. The first-order valence-corrected chi connectivity index (χ1v) is 7.03. The molecule has 2 rings (SSSR count). The molecule has 0 aliphatic heterocycles. The Hall–Kier alpha value is 0.150. The number of Topliss-reactive ketones (excluding diaryl/α,β-unsaturated/α-hetero) is 1. The molecule has 0 aromatic heterocycles. The van der Waals surface area contributed by atoms with Crippen molar-refractivity contribution >= 4 is 21.7 Å². The van der Waals surface area contributed by atoms with Crippen LogP contribution in [0, 0.1) is 23.2 Å². The van der Waals surface area contributed by atoms with Crippen molar-refractivity contribution in [3.8, 4) is 0 Å². The van der Waals surface area contributed by atoms with Crippen LogP contribution in [0.25, 0.3) is 0 Å². The number of rotatable bonds is 0. The third kappa shape index (κ3) is 1.79. The Morgan fingerprint density at radius 2 is 2.00 bits per heavy atom. The second kappa shape index (κ2) is 3.87. The summed E-state index contributed by atoms with van der Waals surface area (Å²) in [5.74, 6) is 2.65. The number of alkyl halides is 1. The zero-order chi connectivity index (χ0) is 11.2. The van der Waals surface area contributed by atoms with E-state index in [0.717, 1.165) is 24.7 Å². The summed E-state index contributed by atoms with van der Waals surface area (Å²) in [5, 5.41) is 0. The molecule has 15 heavy (non-hydrogen) atoms. The van der Waals surface area contributed by atoms with Crippen LogP contribution in [0.2, 0.25) is 0 Å². The first kappa shape index (κ1) is 11.6. The van der Waals surface area contributed by atoms with Crippen LogP contribution in [0.4, 0.5) is 0 Å². The number of carbonyl (C=O) groups is 1. The van der Waals surface area contributed by atoms with Crippen molar-refractivity contribution in [2.45, 2.75) is 51.3 Å². The molecule has 2 saturated carbocycles. The fraction of sp³-hybridized carbons (Fsp3) is 0.923. The highest BCUT2D eigenvalue weighted by Gasteiger charge is 2.49. The van der Waals surface area contributed by atoms with Gasteiger partial charge in [-0.25, -0.2) is 0 Å². The Labute approximate surface area is 101 Å². The Balaban J connectivity index is 2.24. The van der Waals surface area contributed by atoms with E-state index >= 15 is 0 Å². The largest absolute Gasteiger partial charge is 0.298 e. The standard InChI is InChI=1S/C13H21BrO/c1-8-4-5-10-6-12(15)11(14)7-13(10,3)9(8)2/h8-11H,4-7H2,1-3H3/t8-,9+,10-,11+,13+/m0/s1. The Kier molecular flexibility index (Phi) is 3.00. The molecule has 0 radical (unpaired) electrons. The molecular formula is C13H21BrO. The van der Waals surface area contributed by atoms with E-state index < -0.39 is 0 Å². The monoisotopic (exact) mass is 272 g/mol. The molecule has 0 heterocycles. The van der Waals surface area contributed by atoms with Gasteiger partial charge in [0.05, 0.1) is 4.83 Å². The third-order valence-electron chi connectivity index (χ3n) is 5.21. The highest BCUT2D eigenvalue weighted by atomic mass is 79.9. The van der Waals surface area contributed by atoms with Gasteiger partial charge in [0, 0.05) is 6.42 Å². The maximum atomic E-state index is 11.7. The molecule has 0 N–H and O–H groups in total. The van der Waals surface area contributed by atoms with Gasteiger partial charge in [0.2, 0.25) is 0 Å². The Morgan fingerprint density at radius 3 is 2.67 bits per heavy atom. The lowest BCUT2D eigenvalue weighted by Crippen LogP contribution is -2.48. The van der Waals surface area contributed by atoms with Gasteiger partial charge < -0.3 is 0 Å². The van der Waals surface area contributed by atoms with Crippen molar-refractivity contribution in [1.82, 2.24) is 0 Å². The van der Waals surface area contributed by atoms with E-state index in [2.05, 4.69) is 36.7 Å². The van der Waals surface area contributed by atoms with Crippen molar-refractivity contribution in [2.75, 3.05) is 0 Å². The van der Waals surface area contributed by atoms with Gasteiger partial charge in [-0.15, -0.1) is 0 Å². The molecule has 0 unspecified atom stereocenters. The number of halogens is 1. The van der Waals surface area contributed by atoms with E-state index in [0.29, 0.717) is 17.1 Å². The van der Waals surface area contributed by atoms with E-state index in [4.69, 9.17) is 0 Å². The second-order valence-corrected chi connectivity index (χ2v) is 6.99. The predicted molar refractivity (Wildman–Crippen MR) is 66.1 cm³/mol. The number of fused-ring (bicyclic) bond motifs is 1. The Morgan fingerprint density at radius 1 is 1.33 bits per heavy atom. The van der Waals surface area contributed by atoms with Crippen LogP contribution in [0.1, 0.15) is 46.5 Å². The molecule has 0 bridgehead atoms. The van der Waals surface area contributed by atoms with Gasteiger partial charge in [-0.1, -0.05) is 43.1 Å². The van der Waals surface area contributed by atoms with Gasteiger partial charge in [0.1, 0.15) is 5.78 Å². The summed E-state index contributed by atoms with van der Waals surface area (Å²) < 4.78 is 0. The molecular weight excluding hydrogens is 252 g/mol. The van der Waals surface area contributed by atoms with Crippen molar-refractivity contribution in [2.24, 2.45) is 23.2 Å². The van der Waals surface area contributed by atoms with Crippen molar-refractivity contribution in [3.05, 3.63) is 0 Å². The summed E-state index contributed by atoms with van der Waals surface area (Å²) in [4.78, 5) is 11.8. The summed E-state index contributed by atoms with van der Waals surface area (Å²) in [6.07, 6.45) is 4.42. The predicted octanol–water partition coefficient (Wildman–Crippen LogP) is 3.80. The maximum Gasteiger partial charge on any atom is 0.146 e. The maximum absolute atomic E-state index is 11.7. The molecule has 5 atom stereocenters. The first-order chi connectivity index (χ1) is 6.95. The van der Waals surface area contributed by atoms with E-state index in [1.54, 1.807) is 0 Å². The summed E-state index contributed by atoms with van der Waals surface area (Å²) in [5.41, 5.74) is 0.389.